The van der Waals surface area contributed by atoms with E-state index in [-0.39, 0.29) is 0 Å². The molecular formula is C15H24BrN3. The number of rotatable bonds is 3. The predicted octanol–water partition coefficient (Wildman–Crippen LogP) is 4.74. The van der Waals surface area contributed by atoms with Crippen molar-refractivity contribution in [3.05, 3.63) is 16.5 Å². The molecule has 0 bridgehead atoms. The standard InChI is InChI=1S/C15H24BrN3/c1-10(2)14-18-12(16)9-13(19-14)17-11-7-5-6-8-15(11,3)4/h9-11H,5-8H2,1-4H3,(H,17,18,19). The largest absolute Gasteiger partial charge is 0.367 e. The van der Waals surface area contributed by atoms with E-state index in [0.717, 1.165) is 16.2 Å². The van der Waals surface area contributed by atoms with E-state index in [1.807, 2.05) is 6.07 Å². The van der Waals surface area contributed by atoms with Gasteiger partial charge in [-0.05, 0) is 34.2 Å². The van der Waals surface area contributed by atoms with E-state index in [1.165, 1.54) is 25.7 Å². The fourth-order valence-electron chi connectivity index (χ4n) is 2.71. The Morgan fingerprint density at radius 3 is 2.68 bits per heavy atom. The first-order valence-corrected chi connectivity index (χ1v) is 7.99. The second-order valence-corrected chi connectivity index (χ2v) is 7.33. The molecule has 4 heteroatoms. The van der Waals surface area contributed by atoms with Crippen molar-refractivity contribution in [1.82, 2.24) is 9.97 Å². The summed E-state index contributed by atoms with van der Waals surface area (Å²) in [7, 11) is 0. The van der Waals surface area contributed by atoms with Gasteiger partial charge in [0.25, 0.3) is 0 Å². The highest BCUT2D eigenvalue weighted by molar-refractivity contribution is 9.10. The zero-order valence-electron chi connectivity index (χ0n) is 12.3. The summed E-state index contributed by atoms with van der Waals surface area (Å²) in [6.07, 6.45) is 5.17. The minimum Gasteiger partial charge on any atom is -0.367 e. The van der Waals surface area contributed by atoms with Gasteiger partial charge in [-0.1, -0.05) is 40.5 Å². The van der Waals surface area contributed by atoms with Crippen LogP contribution in [0.2, 0.25) is 0 Å². The number of hydrogen-bond donors (Lipinski definition) is 1. The van der Waals surface area contributed by atoms with Gasteiger partial charge in [0.05, 0.1) is 0 Å². The summed E-state index contributed by atoms with van der Waals surface area (Å²) in [6, 6.07) is 2.49. The van der Waals surface area contributed by atoms with Crippen LogP contribution in [0, 0.1) is 5.41 Å². The van der Waals surface area contributed by atoms with Crippen LogP contribution in [-0.2, 0) is 0 Å². The van der Waals surface area contributed by atoms with E-state index in [0.29, 0.717) is 17.4 Å². The molecule has 1 N–H and O–H groups in total. The first-order chi connectivity index (χ1) is 8.88. The second-order valence-electron chi connectivity index (χ2n) is 6.52. The molecule has 1 heterocycles. The molecule has 1 saturated carbocycles. The maximum absolute atomic E-state index is 4.64. The minimum atomic E-state index is 0.341. The van der Waals surface area contributed by atoms with E-state index in [9.17, 15) is 0 Å². The summed E-state index contributed by atoms with van der Waals surface area (Å²) in [6.45, 7) is 8.94. The lowest BCUT2D eigenvalue weighted by Gasteiger charge is -2.39. The van der Waals surface area contributed by atoms with Crippen molar-refractivity contribution in [2.75, 3.05) is 5.32 Å². The molecular weight excluding hydrogens is 302 g/mol. The summed E-state index contributed by atoms with van der Waals surface area (Å²) < 4.78 is 0.863. The van der Waals surface area contributed by atoms with Gasteiger partial charge in [0.1, 0.15) is 16.2 Å². The molecule has 0 aromatic carbocycles. The summed E-state index contributed by atoms with van der Waals surface area (Å²) in [5.41, 5.74) is 0.341. The molecule has 2 rings (SSSR count). The van der Waals surface area contributed by atoms with Crippen LogP contribution in [0.15, 0.2) is 10.7 Å². The smallest absolute Gasteiger partial charge is 0.134 e. The Kier molecular flexibility index (Phi) is 4.49. The molecule has 1 aromatic rings. The van der Waals surface area contributed by atoms with Gasteiger partial charge in [0.2, 0.25) is 0 Å². The summed E-state index contributed by atoms with van der Waals surface area (Å²) >= 11 is 3.48. The highest BCUT2D eigenvalue weighted by Gasteiger charge is 2.32. The van der Waals surface area contributed by atoms with Crippen LogP contribution < -0.4 is 5.32 Å². The van der Waals surface area contributed by atoms with Gasteiger partial charge in [-0.15, -0.1) is 0 Å². The van der Waals surface area contributed by atoms with Crippen LogP contribution in [0.4, 0.5) is 5.82 Å². The van der Waals surface area contributed by atoms with Crippen molar-refractivity contribution < 1.29 is 0 Å². The Balaban J connectivity index is 2.18. The Morgan fingerprint density at radius 2 is 2.05 bits per heavy atom. The summed E-state index contributed by atoms with van der Waals surface area (Å²) in [4.78, 5) is 9.07. The monoisotopic (exact) mass is 325 g/mol. The van der Waals surface area contributed by atoms with Crippen molar-refractivity contribution in [3.8, 4) is 0 Å². The Morgan fingerprint density at radius 1 is 1.32 bits per heavy atom. The Hall–Kier alpha value is -0.640. The van der Waals surface area contributed by atoms with Gasteiger partial charge in [0, 0.05) is 18.0 Å². The van der Waals surface area contributed by atoms with Crippen LogP contribution in [0.5, 0.6) is 0 Å². The van der Waals surface area contributed by atoms with Crippen molar-refractivity contribution in [3.63, 3.8) is 0 Å². The molecule has 19 heavy (non-hydrogen) atoms. The molecule has 0 spiro atoms. The molecule has 3 nitrogen and oxygen atoms in total. The number of nitrogens with zero attached hydrogens (tertiary/aromatic N) is 2. The lowest BCUT2D eigenvalue weighted by atomic mass is 9.73. The van der Waals surface area contributed by atoms with Crippen molar-refractivity contribution in [2.45, 2.75) is 65.3 Å². The van der Waals surface area contributed by atoms with Crippen molar-refractivity contribution in [2.24, 2.45) is 5.41 Å². The SMILES string of the molecule is CC(C)c1nc(Br)cc(NC2CCCCC2(C)C)n1. The average molecular weight is 326 g/mol. The van der Waals surface area contributed by atoms with Gasteiger partial charge in [-0.2, -0.15) is 0 Å². The zero-order chi connectivity index (χ0) is 14.0. The number of aromatic nitrogens is 2. The molecule has 1 aliphatic carbocycles. The van der Waals surface area contributed by atoms with Crippen LogP contribution in [-0.4, -0.2) is 16.0 Å². The zero-order valence-corrected chi connectivity index (χ0v) is 13.9. The number of anilines is 1. The molecule has 1 fully saturated rings. The van der Waals surface area contributed by atoms with E-state index in [4.69, 9.17) is 0 Å². The highest BCUT2D eigenvalue weighted by atomic mass is 79.9. The third-order valence-electron chi connectivity index (χ3n) is 4.06. The fourth-order valence-corrected chi connectivity index (χ4v) is 3.11. The van der Waals surface area contributed by atoms with Gasteiger partial charge in [-0.3, -0.25) is 0 Å². The van der Waals surface area contributed by atoms with Gasteiger partial charge in [0.15, 0.2) is 0 Å². The van der Waals surface area contributed by atoms with Crippen LogP contribution in [0.1, 0.15) is 65.1 Å². The molecule has 106 valence electrons. The molecule has 1 unspecified atom stereocenters. The van der Waals surface area contributed by atoms with E-state index in [2.05, 4.69) is 58.9 Å². The van der Waals surface area contributed by atoms with Gasteiger partial charge < -0.3 is 5.32 Å². The second kappa shape index (κ2) is 5.78. The third kappa shape index (κ3) is 3.68. The average Bonchev–Trinajstić information content (AvgIpc) is 2.31. The van der Waals surface area contributed by atoms with E-state index >= 15 is 0 Å². The van der Waals surface area contributed by atoms with Crippen LogP contribution >= 0.6 is 15.9 Å². The normalized spacial score (nSPS) is 22.5. The maximum Gasteiger partial charge on any atom is 0.134 e. The predicted molar refractivity (Wildman–Crippen MR) is 83.5 cm³/mol. The maximum atomic E-state index is 4.64. The fraction of sp³-hybridized carbons (Fsp3) is 0.733. The number of halogens is 1. The molecule has 0 amide bonds. The van der Waals surface area contributed by atoms with E-state index < -0.39 is 0 Å². The van der Waals surface area contributed by atoms with Crippen LogP contribution in [0.25, 0.3) is 0 Å². The number of nitrogens with one attached hydrogen (secondary N) is 1. The van der Waals surface area contributed by atoms with Gasteiger partial charge in [-0.25, -0.2) is 9.97 Å². The lowest BCUT2D eigenvalue weighted by molar-refractivity contribution is 0.216. The van der Waals surface area contributed by atoms with Crippen molar-refractivity contribution >= 4 is 21.7 Å². The Labute approximate surface area is 124 Å². The van der Waals surface area contributed by atoms with E-state index in [1.54, 1.807) is 0 Å². The first-order valence-electron chi connectivity index (χ1n) is 7.19. The van der Waals surface area contributed by atoms with Crippen LogP contribution in [0.3, 0.4) is 0 Å². The molecule has 0 saturated heterocycles. The molecule has 1 aromatic heterocycles. The molecule has 1 aliphatic rings. The Bertz CT molecular complexity index is 443. The lowest BCUT2D eigenvalue weighted by Crippen LogP contribution is -2.39. The van der Waals surface area contributed by atoms with Crippen molar-refractivity contribution in [1.29, 1.82) is 0 Å². The topological polar surface area (TPSA) is 37.8 Å². The summed E-state index contributed by atoms with van der Waals surface area (Å²) in [5.74, 6) is 2.19. The molecule has 0 aliphatic heterocycles. The summed E-state index contributed by atoms with van der Waals surface area (Å²) in [5, 5.41) is 3.63. The van der Waals surface area contributed by atoms with Gasteiger partial charge >= 0.3 is 0 Å². The number of hydrogen-bond acceptors (Lipinski definition) is 3. The quantitative estimate of drug-likeness (QED) is 0.815. The minimum absolute atomic E-state index is 0.341. The molecule has 0 radical (unpaired) electrons. The third-order valence-corrected chi connectivity index (χ3v) is 4.46. The molecule has 1 atom stereocenters. The highest BCUT2D eigenvalue weighted by Crippen LogP contribution is 2.37. The first kappa shape index (κ1) is 14.8.